The van der Waals surface area contributed by atoms with Crippen LogP contribution in [0.4, 0.5) is 0 Å². The molecule has 0 fully saturated rings. The molecule has 0 saturated carbocycles. The van der Waals surface area contributed by atoms with Crippen molar-refractivity contribution in [3.63, 3.8) is 0 Å². The van der Waals surface area contributed by atoms with Gasteiger partial charge < -0.3 is 14.1 Å². The van der Waals surface area contributed by atoms with Gasteiger partial charge in [0.2, 0.25) is 0 Å². The van der Waals surface area contributed by atoms with Gasteiger partial charge in [-0.2, -0.15) is 0 Å². The van der Waals surface area contributed by atoms with Gasteiger partial charge in [-0.25, -0.2) is 4.79 Å². The van der Waals surface area contributed by atoms with E-state index in [-0.39, 0.29) is 12.1 Å². The molecule has 0 spiro atoms. The van der Waals surface area contributed by atoms with Crippen LogP contribution in [0.1, 0.15) is 5.76 Å². The monoisotopic (exact) mass is 272 g/mol. The van der Waals surface area contributed by atoms with Gasteiger partial charge >= 0.3 is 5.69 Å². The van der Waals surface area contributed by atoms with Gasteiger partial charge in [-0.3, -0.25) is 9.36 Å². The van der Waals surface area contributed by atoms with E-state index in [1.807, 2.05) is 0 Å². The van der Waals surface area contributed by atoms with Crippen LogP contribution in [0.15, 0.2) is 50.6 Å². The molecule has 3 rings (SSSR count). The topological polar surface area (TPSA) is 77.2 Å². The normalized spacial score (nSPS) is 10.8. The van der Waals surface area contributed by atoms with Crippen LogP contribution in [0.2, 0.25) is 0 Å². The molecule has 6 nitrogen and oxygen atoms in total. The first-order valence-corrected chi connectivity index (χ1v) is 6.02. The van der Waals surface area contributed by atoms with E-state index in [0.717, 1.165) is 4.57 Å². The van der Waals surface area contributed by atoms with Crippen LogP contribution in [-0.2, 0) is 6.54 Å². The average Bonchev–Trinajstić information content (AvgIpc) is 2.95. The van der Waals surface area contributed by atoms with Crippen molar-refractivity contribution in [3.05, 3.63) is 63.2 Å². The summed E-state index contributed by atoms with van der Waals surface area (Å²) in [6.45, 7) is 0.100. The van der Waals surface area contributed by atoms with Gasteiger partial charge in [-0.15, -0.1) is 0 Å². The van der Waals surface area contributed by atoms with Gasteiger partial charge in [-0.05, 0) is 24.3 Å². The lowest BCUT2D eigenvalue weighted by molar-refractivity contribution is 0.415. The number of nitrogens with one attached hydrogen (secondary N) is 1. The Labute approximate surface area is 113 Å². The number of furan rings is 1. The molecule has 102 valence electrons. The molecule has 0 saturated heterocycles. The molecule has 0 aliphatic heterocycles. The maximum atomic E-state index is 12.3. The van der Waals surface area contributed by atoms with Gasteiger partial charge in [0.1, 0.15) is 11.5 Å². The summed E-state index contributed by atoms with van der Waals surface area (Å²) in [5.74, 6) is 1.13. The van der Waals surface area contributed by atoms with E-state index in [1.165, 1.54) is 13.4 Å². The fraction of sp³-hybridized carbons (Fsp3) is 0.143. The van der Waals surface area contributed by atoms with Gasteiger partial charge in [0.05, 0.1) is 30.8 Å². The third-order valence-electron chi connectivity index (χ3n) is 3.08. The number of nitrogens with zero attached hydrogens (tertiary/aromatic N) is 1. The Kier molecular flexibility index (Phi) is 2.90. The van der Waals surface area contributed by atoms with Crippen LogP contribution in [0.25, 0.3) is 10.9 Å². The largest absolute Gasteiger partial charge is 0.497 e. The fourth-order valence-electron chi connectivity index (χ4n) is 2.06. The molecule has 6 heteroatoms. The van der Waals surface area contributed by atoms with Crippen LogP contribution >= 0.6 is 0 Å². The highest BCUT2D eigenvalue weighted by Crippen LogP contribution is 2.15. The van der Waals surface area contributed by atoms with E-state index in [2.05, 4.69) is 4.98 Å². The third-order valence-corrected chi connectivity index (χ3v) is 3.08. The minimum absolute atomic E-state index is 0.100. The predicted molar refractivity (Wildman–Crippen MR) is 73.2 cm³/mol. The molecule has 3 aromatic rings. The summed E-state index contributed by atoms with van der Waals surface area (Å²) in [6, 6.07) is 8.35. The van der Waals surface area contributed by atoms with Crippen LogP contribution in [0.5, 0.6) is 5.75 Å². The van der Waals surface area contributed by atoms with Gasteiger partial charge in [0, 0.05) is 6.07 Å². The molecule has 0 radical (unpaired) electrons. The molecule has 2 heterocycles. The molecule has 0 amide bonds. The van der Waals surface area contributed by atoms with Gasteiger partial charge in [0.15, 0.2) is 0 Å². The zero-order chi connectivity index (χ0) is 14.1. The quantitative estimate of drug-likeness (QED) is 0.780. The van der Waals surface area contributed by atoms with Crippen molar-refractivity contribution in [2.45, 2.75) is 6.54 Å². The third kappa shape index (κ3) is 2.01. The zero-order valence-electron chi connectivity index (χ0n) is 10.8. The Hall–Kier alpha value is -2.76. The zero-order valence-corrected chi connectivity index (χ0v) is 10.8. The minimum atomic E-state index is -0.479. The van der Waals surface area contributed by atoms with Crippen LogP contribution in [0.3, 0.4) is 0 Å². The number of aromatic nitrogens is 2. The van der Waals surface area contributed by atoms with E-state index in [4.69, 9.17) is 9.15 Å². The number of rotatable bonds is 3. The first kappa shape index (κ1) is 12.3. The molecule has 1 aromatic carbocycles. The van der Waals surface area contributed by atoms with Crippen molar-refractivity contribution >= 4 is 10.9 Å². The molecule has 0 atom stereocenters. The SMILES string of the molecule is COc1ccc2c(=O)n(Cc3ccco3)c(=O)[nH]c2c1. The highest BCUT2D eigenvalue weighted by atomic mass is 16.5. The molecule has 0 aliphatic rings. The van der Waals surface area contributed by atoms with Crippen molar-refractivity contribution in [2.75, 3.05) is 7.11 Å². The molecule has 20 heavy (non-hydrogen) atoms. The second-order valence-corrected chi connectivity index (χ2v) is 4.31. The lowest BCUT2D eigenvalue weighted by Crippen LogP contribution is -2.35. The lowest BCUT2D eigenvalue weighted by atomic mass is 10.2. The number of ether oxygens (including phenoxy) is 1. The van der Waals surface area contributed by atoms with E-state index >= 15 is 0 Å². The van der Waals surface area contributed by atoms with Gasteiger partial charge in [0.25, 0.3) is 5.56 Å². The van der Waals surface area contributed by atoms with E-state index < -0.39 is 5.69 Å². The Bertz CT molecular complexity index is 859. The number of aromatic amines is 1. The Morgan fingerprint density at radius 1 is 1.30 bits per heavy atom. The standard InChI is InChI=1S/C14H12N2O4/c1-19-9-4-5-11-12(7-9)15-14(18)16(13(11)17)8-10-3-2-6-20-10/h2-7H,8H2,1H3,(H,15,18). The number of hydrogen-bond acceptors (Lipinski definition) is 4. The molecule has 2 aromatic heterocycles. The first-order valence-electron chi connectivity index (χ1n) is 6.02. The van der Waals surface area contributed by atoms with Crippen LogP contribution in [0, 0.1) is 0 Å². The number of fused-ring (bicyclic) bond motifs is 1. The lowest BCUT2D eigenvalue weighted by Gasteiger charge is -2.06. The summed E-state index contributed by atoms with van der Waals surface area (Å²) in [5, 5.41) is 0.428. The Balaban J connectivity index is 2.19. The average molecular weight is 272 g/mol. The van der Waals surface area contributed by atoms with Crippen molar-refractivity contribution in [3.8, 4) is 5.75 Å². The predicted octanol–water partition coefficient (Wildman–Crippen LogP) is 1.34. The van der Waals surface area contributed by atoms with E-state index in [0.29, 0.717) is 22.4 Å². The molecule has 1 N–H and O–H groups in total. The molecular weight excluding hydrogens is 260 g/mol. The Morgan fingerprint density at radius 2 is 2.15 bits per heavy atom. The second kappa shape index (κ2) is 4.73. The maximum Gasteiger partial charge on any atom is 0.329 e. The van der Waals surface area contributed by atoms with Gasteiger partial charge in [-0.1, -0.05) is 0 Å². The summed E-state index contributed by atoms with van der Waals surface area (Å²) >= 11 is 0. The highest BCUT2D eigenvalue weighted by Gasteiger charge is 2.09. The van der Waals surface area contributed by atoms with Crippen molar-refractivity contribution in [1.29, 1.82) is 0 Å². The molecule has 0 unspecified atom stereocenters. The van der Waals surface area contributed by atoms with Crippen LogP contribution in [-0.4, -0.2) is 16.7 Å². The summed E-state index contributed by atoms with van der Waals surface area (Å²) in [6.07, 6.45) is 1.50. The maximum absolute atomic E-state index is 12.3. The number of methoxy groups -OCH3 is 1. The first-order chi connectivity index (χ1) is 9.69. The number of hydrogen-bond donors (Lipinski definition) is 1. The minimum Gasteiger partial charge on any atom is -0.497 e. The Morgan fingerprint density at radius 3 is 2.85 bits per heavy atom. The number of H-pyrrole nitrogens is 1. The van der Waals surface area contributed by atoms with E-state index in [1.54, 1.807) is 30.3 Å². The highest BCUT2D eigenvalue weighted by molar-refractivity contribution is 5.78. The van der Waals surface area contributed by atoms with E-state index in [9.17, 15) is 9.59 Å². The molecule has 0 aliphatic carbocycles. The fourth-order valence-corrected chi connectivity index (χ4v) is 2.06. The number of benzene rings is 1. The smallest absolute Gasteiger partial charge is 0.329 e. The van der Waals surface area contributed by atoms with Crippen molar-refractivity contribution in [1.82, 2.24) is 9.55 Å². The summed E-state index contributed by atoms with van der Waals surface area (Å²) in [5.41, 5.74) is -0.384. The molecule has 0 bridgehead atoms. The molecular formula is C14H12N2O4. The van der Waals surface area contributed by atoms with Crippen molar-refractivity contribution < 1.29 is 9.15 Å². The second-order valence-electron chi connectivity index (χ2n) is 4.31. The van der Waals surface area contributed by atoms with Crippen molar-refractivity contribution in [2.24, 2.45) is 0 Å². The summed E-state index contributed by atoms with van der Waals surface area (Å²) in [7, 11) is 1.53. The summed E-state index contributed by atoms with van der Waals surface area (Å²) in [4.78, 5) is 27.0. The summed E-state index contributed by atoms with van der Waals surface area (Å²) < 4.78 is 11.3. The van der Waals surface area contributed by atoms with Crippen LogP contribution < -0.4 is 16.0 Å².